The molecule has 18 heavy (non-hydrogen) atoms. The Morgan fingerprint density at radius 2 is 1.89 bits per heavy atom. The Bertz CT molecular complexity index is 381. The molecular formula is C15H20O2S. The van der Waals surface area contributed by atoms with Crippen molar-refractivity contribution in [2.45, 2.75) is 35.5 Å². The average molecular weight is 264 g/mol. The minimum Gasteiger partial charge on any atom is -0.381 e. The molecule has 3 rings (SSSR count). The van der Waals surface area contributed by atoms with Crippen LogP contribution in [0.2, 0.25) is 0 Å². The molecule has 1 aromatic carbocycles. The molecule has 0 amide bonds. The van der Waals surface area contributed by atoms with Crippen molar-refractivity contribution in [2.24, 2.45) is 5.92 Å². The first-order valence-corrected chi connectivity index (χ1v) is 7.62. The van der Waals surface area contributed by atoms with Crippen molar-refractivity contribution in [2.75, 3.05) is 19.8 Å². The molecule has 2 atom stereocenters. The number of benzene rings is 1. The van der Waals surface area contributed by atoms with Crippen LogP contribution in [0.15, 0.2) is 35.2 Å². The van der Waals surface area contributed by atoms with Crippen LogP contribution in [0.1, 0.15) is 19.8 Å². The fourth-order valence-electron chi connectivity index (χ4n) is 3.00. The molecule has 0 saturated carbocycles. The molecule has 0 radical (unpaired) electrons. The van der Waals surface area contributed by atoms with Gasteiger partial charge in [-0.1, -0.05) is 25.1 Å². The zero-order valence-corrected chi connectivity index (χ0v) is 11.6. The van der Waals surface area contributed by atoms with Crippen molar-refractivity contribution in [3.8, 4) is 0 Å². The predicted octanol–water partition coefficient (Wildman–Crippen LogP) is 3.36. The lowest BCUT2D eigenvalue weighted by Crippen LogP contribution is -2.44. The molecule has 2 aliphatic rings. The monoisotopic (exact) mass is 264 g/mol. The number of hydrogen-bond acceptors (Lipinski definition) is 3. The molecule has 1 spiro atoms. The van der Waals surface area contributed by atoms with Gasteiger partial charge in [0.15, 0.2) is 0 Å². The lowest BCUT2D eigenvalue weighted by atomic mass is 9.87. The Balaban J connectivity index is 1.79. The maximum atomic E-state index is 6.18. The molecule has 2 saturated heterocycles. The third-order valence-corrected chi connectivity index (χ3v) is 5.71. The fraction of sp³-hybridized carbons (Fsp3) is 0.600. The van der Waals surface area contributed by atoms with Crippen molar-refractivity contribution in [1.29, 1.82) is 0 Å². The number of hydrogen-bond donors (Lipinski definition) is 0. The van der Waals surface area contributed by atoms with Gasteiger partial charge in [0.05, 0.1) is 12.2 Å². The number of rotatable bonds is 2. The SMILES string of the molecule is C[C@@H]1COC2(CCOCC2)[C@H]1Sc1ccccc1. The summed E-state index contributed by atoms with van der Waals surface area (Å²) in [5.74, 6) is 0.619. The summed E-state index contributed by atoms with van der Waals surface area (Å²) in [5, 5.41) is 0.559. The van der Waals surface area contributed by atoms with Crippen LogP contribution in [0, 0.1) is 5.92 Å². The average Bonchev–Trinajstić information content (AvgIpc) is 2.71. The summed E-state index contributed by atoms with van der Waals surface area (Å²) < 4.78 is 11.7. The van der Waals surface area contributed by atoms with Crippen LogP contribution in [0.25, 0.3) is 0 Å². The van der Waals surface area contributed by atoms with E-state index in [9.17, 15) is 0 Å². The normalized spacial score (nSPS) is 30.7. The third kappa shape index (κ3) is 2.31. The molecule has 0 bridgehead atoms. The molecule has 1 aromatic rings. The van der Waals surface area contributed by atoms with E-state index in [2.05, 4.69) is 37.3 Å². The van der Waals surface area contributed by atoms with E-state index in [0.29, 0.717) is 11.2 Å². The molecule has 2 aliphatic heterocycles. The van der Waals surface area contributed by atoms with E-state index in [4.69, 9.17) is 9.47 Å². The second-order valence-electron chi connectivity index (χ2n) is 5.32. The number of ether oxygens (including phenoxy) is 2. The molecular weight excluding hydrogens is 244 g/mol. The Labute approximate surface area is 113 Å². The van der Waals surface area contributed by atoms with Crippen molar-refractivity contribution in [3.05, 3.63) is 30.3 Å². The van der Waals surface area contributed by atoms with Gasteiger partial charge in [-0.2, -0.15) is 0 Å². The Hall–Kier alpha value is -0.510. The molecule has 98 valence electrons. The summed E-state index contributed by atoms with van der Waals surface area (Å²) in [7, 11) is 0. The summed E-state index contributed by atoms with van der Waals surface area (Å²) in [6.45, 7) is 4.90. The summed E-state index contributed by atoms with van der Waals surface area (Å²) in [6.07, 6.45) is 2.09. The molecule has 2 heterocycles. The van der Waals surface area contributed by atoms with Crippen molar-refractivity contribution in [3.63, 3.8) is 0 Å². The van der Waals surface area contributed by atoms with Gasteiger partial charge in [-0.15, -0.1) is 11.8 Å². The predicted molar refractivity (Wildman–Crippen MR) is 74.0 cm³/mol. The highest BCUT2D eigenvalue weighted by Gasteiger charge is 2.49. The zero-order chi connectivity index (χ0) is 12.4. The van der Waals surface area contributed by atoms with E-state index in [0.717, 1.165) is 32.7 Å². The van der Waals surface area contributed by atoms with E-state index in [1.807, 2.05) is 11.8 Å². The van der Waals surface area contributed by atoms with Crippen molar-refractivity contribution in [1.82, 2.24) is 0 Å². The maximum Gasteiger partial charge on any atom is 0.0851 e. The van der Waals surface area contributed by atoms with Gasteiger partial charge in [-0.25, -0.2) is 0 Å². The van der Waals surface area contributed by atoms with Gasteiger partial charge in [0.1, 0.15) is 0 Å². The number of thioether (sulfide) groups is 1. The van der Waals surface area contributed by atoms with E-state index in [1.54, 1.807) is 0 Å². The van der Waals surface area contributed by atoms with E-state index >= 15 is 0 Å². The first-order chi connectivity index (χ1) is 8.80. The van der Waals surface area contributed by atoms with Gasteiger partial charge in [0, 0.05) is 36.2 Å². The molecule has 0 N–H and O–H groups in total. The smallest absolute Gasteiger partial charge is 0.0851 e. The maximum absolute atomic E-state index is 6.18. The van der Waals surface area contributed by atoms with Gasteiger partial charge < -0.3 is 9.47 Å². The van der Waals surface area contributed by atoms with Crippen molar-refractivity contribution >= 4 is 11.8 Å². The zero-order valence-electron chi connectivity index (χ0n) is 10.8. The fourth-order valence-corrected chi connectivity index (χ4v) is 4.44. The van der Waals surface area contributed by atoms with Crippen LogP contribution in [0.3, 0.4) is 0 Å². The first-order valence-electron chi connectivity index (χ1n) is 6.74. The molecule has 0 unspecified atom stereocenters. The first kappa shape index (κ1) is 12.5. The van der Waals surface area contributed by atoms with Crippen LogP contribution < -0.4 is 0 Å². The summed E-state index contributed by atoms with van der Waals surface area (Å²) in [6, 6.07) is 10.7. The van der Waals surface area contributed by atoms with Crippen LogP contribution in [0.4, 0.5) is 0 Å². The van der Waals surface area contributed by atoms with Gasteiger partial charge >= 0.3 is 0 Å². The van der Waals surface area contributed by atoms with Crippen LogP contribution in [-0.4, -0.2) is 30.7 Å². The molecule has 3 heteroatoms. The topological polar surface area (TPSA) is 18.5 Å². The lowest BCUT2D eigenvalue weighted by Gasteiger charge is -2.38. The minimum atomic E-state index is 0.0537. The standard InChI is InChI=1S/C15H20O2S/c1-12-11-17-15(7-9-16-10-8-15)14(12)18-13-5-3-2-4-6-13/h2-6,12,14H,7-11H2,1H3/t12-,14+/m1/s1. The molecule has 0 aromatic heterocycles. The second-order valence-corrected chi connectivity index (χ2v) is 6.53. The summed E-state index contributed by atoms with van der Waals surface area (Å²) >= 11 is 1.98. The quantitative estimate of drug-likeness (QED) is 0.816. The highest BCUT2D eigenvalue weighted by atomic mass is 32.2. The minimum absolute atomic E-state index is 0.0537. The highest BCUT2D eigenvalue weighted by Crippen LogP contribution is 2.47. The van der Waals surface area contributed by atoms with Gasteiger partial charge in [-0.3, -0.25) is 0 Å². The summed E-state index contributed by atoms with van der Waals surface area (Å²) in [4.78, 5) is 1.35. The van der Waals surface area contributed by atoms with Gasteiger partial charge in [0.2, 0.25) is 0 Å². The molecule has 2 nitrogen and oxygen atoms in total. The van der Waals surface area contributed by atoms with Crippen molar-refractivity contribution < 1.29 is 9.47 Å². The van der Waals surface area contributed by atoms with Gasteiger partial charge in [0.25, 0.3) is 0 Å². The Morgan fingerprint density at radius 3 is 2.61 bits per heavy atom. The van der Waals surface area contributed by atoms with E-state index < -0.39 is 0 Å². The van der Waals surface area contributed by atoms with E-state index in [-0.39, 0.29) is 5.60 Å². The Morgan fingerprint density at radius 1 is 1.17 bits per heavy atom. The highest BCUT2D eigenvalue weighted by molar-refractivity contribution is 8.00. The van der Waals surface area contributed by atoms with Crippen LogP contribution in [0.5, 0.6) is 0 Å². The van der Waals surface area contributed by atoms with Crippen LogP contribution in [-0.2, 0) is 9.47 Å². The van der Waals surface area contributed by atoms with Crippen LogP contribution >= 0.6 is 11.8 Å². The largest absolute Gasteiger partial charge is 0.381 e. The van der Waals surface area contributed by atoms with Gasteiger partial charge in [-0.05, 0) is 18.1 Å². The third-order valence-electron chi connectivity index (χ3n) is 4.01. The second kappa shape index (κ2) is 5.24. The summed E-state index contributed by atoms with van der Waals surface area (Å²) in [5.41, 5.74) is 0.0537. The lowest BCUT2D eigenvalue weighted by molar-refractivity contribution is -0.0754. The Kier molecular flexibility index (Phi) is 3.64. The molecule has 2 fully saturated rings. The van der Waals surface area contributed by atoms with E-state index in [1.165, 1.54) is 4.90 Å². The molecule has 0 aliphatic carbocycles.